The molecule has 0 amide bonds. The minimum atomic E-state index is 0.249. The highest BCUT2D eigenvalue weighted by Gasteiger charge is 2.20. The van der Waals surface area contributed by atoms with Crippen LogP contribution in [0.15, 0.2) is 24.3 Å². The molecular weight excluding hydrogens is 230 g/mol. The van der Waals surface area contributed by atoms with E-state index in [4.69, 9.17) is 5.73 Å². The molecule has 1 aromatic rings. The molecule has 1 heteroatoms. The largest absolute Gasteiger partial charge is 0.324 e. The predicted molar refractivity (Wildman–Crippen MR) is 81.2 cm³/mol. The topological polar surface area (TPSA) is 26.0 Å². The maximum absolute atomic E-state index is 6.40. The summed E-state index contributed by atoms with van der Waals surface area (Å²) in [6.45, 7) is 0. The van der Waals surface area contributed by atoms with Crippen LogP contribution in [0.5, 0.6) is 0 Å². The van der Waals surface area contributed by atoms with E-state index in [1.165, 1.54) is 68.9 Å². The normalized spacial score (nSPS) is 23.0. The van der Waals surface area contributed by atoms with Gasteiger partial charge in [0.05, 0.1) is 0 Å². The molecule has 0 bridgehead atoms. The lowest BCUT2D eigenvalue weighted by Gasteiger charge is -2.27. The van der Waals surface area contributed by atoms with Gasteiger partial charge in [-0.1, -0.05) is 62.8 Å². The molecule has 0 aromatic heterocycles. The smallest absolute Gasteiger partial charge is 0.0297 e. The molecule has 0 aliphatic heterocycles. The zero-order valence-electron chi connectivity index (χ0n) is 12.0. The van der Waals surface area contributed by atoms with E-state index in [0.29, 0.717) is 0 Å². The Balaban J connectivity index is 1.57. The first-order valence-electron chi connectivity index (χ1n) is 8.18. The molecule has 3 rings (SSSR count). The summed E-state index contributed by atoms with van der Waals surface area (Å²) in [6.07, 6.45) is 12.4. The van der Waals surface area contributed by atoms with Crippen LogP contribution in [0.1, 0.15) is 80.9 Å². The molecule has 0 heterocycles. The molecule has 2 aliphatic carbocycles. The van der Waals surface area contributed by atoms with Gasteiger partial charge in [-0.2, -0.15) is 0 Å². The second kappa shape index (κ2) is 6.09. The van der Waals surface area contributed by atoms with Gasteiger partial charge in [0.25, 0.3) is 0 Å². The van der Waals surface area contributed by atoms with Crippen molar-refractivity contribution in [1.82, 2.24) is 0 Å². The summed E-state index contributed by atoms with van der Waals surface area (Å²) < 4.78 is 0. The summed E-state index contributed by atoms with van der Waals surface area (Å²) in [5.74, 6) is 1.71. The highest BCUT2D eigenvalue weighted by atomic mass is 14.6. The molecule has 1 unspecified atom stereocenters. The first-order chi connectivity index (χ1) is 9.33. The van der Waals surface area contributed by atoms with Crippen LogP contribution in [-0.2, 0) is 0 Å². The van der Waals surface area contributed by atoms with Gasteiger partial charge in [0.15, 0.2) is 0 Å². The van der Waals surface area contributed by atoms with E-state index in [1.54, 1.807) is 0 Å². The van der Waals surface area contributed by atoms with E-state index in [-0.39, 0.29) is 6.04 Å². The first kappa shape index (κ1) is 13.2. The monoisotopic (exact) mass is 257 g/mol. The average Bonchev–Trinajstić information content (AvgIpc) is 2.39. The lowest BCUT2D eigenvalue weighted by atomic mass is 9.79. The van der Waals surface area contributed by atoms with Crippen LogP contribution in [0.25, 0.3) is 0 Å². The first-order valence-corrected chi connectivity index (χ1v) is 8.18. The zero-order valence-corrected chi connectivity index (χ0v) is 12.0. The van der Waals surface area contributed by atoms with Crippen LogP contribution in [-0.4, -0.2) is 0 Å². The Morgan fingerprint density at radius 1 is 0.895 bits per heavy atom. The van der Waals surface area contributed by atoms with E-state index in [9.17, 15) is 0 Å². The molecule has 2 fully saturated rings. The van der Waals surface area contributed by atoms with Crippen molar-refractivity contribution in [3.05, 3.63) is 35.4 Å². The van der Waals surface area contributed by atoms with E-state index in [1.807, 2.05) is 0 Å². The Labute approximate surface area is 117 Å². The maximum atomic E-state index is 6.40. The van der Waals surface area contributed by atoms with Crippen LogP contribution in [0.4, 0.5) is 0 Å². The van der Waals surface area contributed by atoms with Crippen molar-refractivity contribution in [3.63, 3.8) is 0 Å². The Hall–Kier alpha value is -0.820. The second-order valence-corrected chi connectivity index (χ2v) is 6.64. The van der Waals surface area contributed by atoms with Gasteiger partial charge in [-0.25, -0.2) is 0 Å². The van der Waals surface area contributed by atoms with E-state index >= 15 is 0 Å². The van der Waals surface area contributed by atoms with Crippen molar-refractivity contribution >= 4 is 0 Å². The molecule has 1 nitrogen and oxygen atoms in total. The Kier molecular flexibility index (Phi) is 4.22. The van der Waals surface area contributed by atoms with Crippen LogP contribution < -0.4 is 5.73 Å². The summed E-state index contributed by atoms with van der Waals surface area (Å²) in [5.41, 5.74) is 9.27. The fraction of sp³-hybridized carbons (Fsp3) is 0.667. The molecule has 1 aromatic carbocycles. The van der Waals surface area contributed by atoms with Gasteiger partial charge in [-0.3, -0.25) is 0 Å². The SMILES string of the molecule is NC(CC1CCCCC1)c1ccc(C2CCC2)cc1. The number of rotatable bonds is 4. The molecule has 2 saturated carbocycles. The Morgan fingerprint density at radius 3 is 2.16 bits per heavy atom. The third kappa shape index (κ3) is 3.20. The number of nitrogens with two attached hydrogens (primary N) is 1. The fourth-order valence-electron chi connectivity index (χ4n) is 3.67. The molecular formula is C18H27N. The predicted octanol–water partition coefficient (Wildman–Crippen LogP) is 4.92. The standard InChI is InChI=1S/C18H27N/c19-18(13-14-5-2-1-3-6-14)17-11-9-16(10-12-17)15-7-4-8-15/h9-12,14-15,18H,1-8,13,19H2. The van der Waals surface area contributed by atoms with E-state index in [2.05, 4.69) is 24.3 Å². The average molecular weight is 257 g/mol. The summed E-state index contributed by atoms with van der Waals surface area (Å²) in [5, 5.41) is 0. The number of hydrogen-bond acceptors (Lipinski definition) is 1. The molecule has 104 valence electrons. The highest BCUT2D eigenvalue weighted by molar-refractivity contribution is 5.28. The lowest BCUT2D eigenvalue weighted by molar-refractivity contribution is 0.319. The van der Waals surface area contributed by atoms with Gasteiger partial charge < -0.3 is 5.73 Å². The van der Waals surface area contributed by atoms with Crippen molar-refractivity contribution in [2.24, 2.45) is 11.7 Å². The Morgan fingerprint density at radius 2 is 1.58 bits per heavy atom. The van der Waals surface area contributed by atoms with Gasteiger partial charge in [0.1, 0.15) is 0 Å². The fourth-order valence-corrected chi connectivity index (χ4v) is 3.67. The van der Waals surface area contributed by atoms with Crippen molar-refractivity contribution in [2.45, 2.75) is 69.7 Å². The molecule has 0 radical (unpaired) electrons. The quantitative estimate of drug-likeness (QED) is 0.813. The van der Waals surface area contributed by atoms with Crippen molar-refractivity contribution in [2.75, 3.05) is 0 Å². The number of benzene rings is 1. The third-order valence-electron chi connectivity index (χ3n) is 5.25. The van der Waals surface area contributed by atoms with Gasteiger partial charge in [-0.05, 0) is 42.2 Å². The molecule has 0 spiro atoms. The summed E-state index contributed by atoms with van der Waals surface area (Å²) in [4.78, 5) is 0. The molecule has 1 atom stereocenters. The molecule has 19 heavy (non-hydrogen) atoms. The van der Waals surface area contributed by atoms with Gasteiger partial charge in [0, 0.05) is 6.04 Å². The van der Waals surface area contributed by atoms with Gasteiger partial charge in [0.2, 0.25) is 0 Å². The van der Waals surface area contributed by atoms with Crippen molar-refractivity contribution in [1.29, 1.82) is 0 Å². The molecule has 2 aliphatic rings. The molecule has 0 saturated heterocycles. The van der Waals surface area contributed by atoms with Gasteiger partial charge in [-0.15, -0.1) is 0 Å². The molecule has 2 N–H and O–H groups in total. The maximum Gasteiger partial charge on any atom is 0.0297 e. The van der Waals surface area contributed by atoms with Crippen LogP contribution in [0, 0.1) is 5.92 Å². The van der Waals surface area contributed by atoms with Crippen molar-refractivity contribution in [3.8, 4) is 0 Å². The van der Waals surface area contributed by atoms with Crippen LogP contribution in [0.3, 0.4) is 0 Å². The minimum absolute atomic E-state index is 0.249. The number of hydrogen-bond donors (Lipinski definition) is 1. The summed E-state index contributed by atoms with van der Waals surface area (Å²) in [6, 6.07) is 9.45. The van der Waals surface area contributed by atoms with Crippen LogP contribution in [0.2, 0.25) is 0 Å². The van der Waals surface area contributed by atoms with E-state index < -0.39 is 0 Å². The summed E-state index contributed by atoms with van der Waals surface area (Å²) >= 11 is 0. The summed E-state index contributed by atoms with van der Waals surface area (Å²) in [7, 11) is 0. The van der Waals surface area contributed by atoms with E-state index in [0.717, 1.165) is 11.8 Å². The second-order valence-electron chi connectivity index (χ2n) is 6.64. The zero-order chi connectivity index (χ0) is 13.1. The highest BCUT2D eigenvalue weighted by Crippen LogP contribution is 2.37. The van der Waals surface area contributed by atoms with Gasteiger partial charge >= 0.3 is 0 Å². The third-order valence-corrected chi connectivity index (χ3v) is 5.25. The van der Waals surface area contributed by atoms with Crippen LogP contribution >= 0.6 is 0 Å². The lowest BCUT2D eigenvalue weighted by Crippen LogP contribution is -2.17. The van der Waals surface area contributed by atoms with Crippen molar-refractivity contribution < 1.29 is 0 Å². The minimum Gasteiger partial charge on any atom is -0.324 e. The Bertz CT molecular complexity index is 385.